The molecular formula is C8H7BrN2O. The largest absolute Gasteiger partial charge is 0.323 e. The van der Waals surface area contributed by atoms with Gasteiger partial charge in [-0.05, 0) is 34.5 Å². The average molecular weight is 227 g/mol. The first-order valence-electron chi connectivity index (χ1n) is 3.55. The molecule has 1 heterocycles. The van der Waals surface area contributed by atoms with E-state index in [-0.39, 0.29) is 5.69 Å². The Balaban J connectivity index is 3.03. The average Bonchev–Trinajstić information content (AvgIpc) is 2.41. The molecule has 0 saturated heterocycles. The van der Waals surface area contributed by atoms with Gasteiger partial charge in [0, 0.05) is 4.47 Å². The van der Waals surface area contributed by atoms with Crippen molar-refractivity contribution in [3.05, 3.63) is 32.7 Å². The number of rotatable bonds is 0. The van der Waals surface area contributed by atoms with Crippen molar-refractivity contribution in [2.75, 3.05) is 0 Å². The standard InChI is InChI=1S/C8H7BrN2O/c1-4-2-3-5(9)7-6(4)10-8(12)11-7/h2-3H,1H3,(H2,10,11,12). The fourth-order valence-electron chi connectivity index (χ4n) is 1.22. The summed E-state index contributed by atoms with van der Waals surface area (Å²) >= 11 is 3.35. The van der Waals surface area contributed by atoms with Crippen LogP contribution in [0.25, 0.3) is 11.0 Å². The van der Waals surface area contributed by atoms with Crippen LogP contribution in [-0.2, 0) is 0 Å². The van der Waals surface area contributed by atoms with Crippen LogP contribution in [0.5, 0.6) is 0 Å². The van der Waals surface area contributed by atoms with Crippen molar-refractivity contribution in [3.8, 4) is 0 Å². The van der Waals surface area contributed by atoms with Crippen LogP contribution >= 0.6 is 15.9 Å². The Morgan fingerprint density at radius 3 is 2.58 bits per heavy atom. The molecule has 4 heteroatoms. The fraction of sp³-hybridized carbons (Fsp3) is 0.125. The number of halogens is 1. The fourth-order valence-corrected chi connectivity index (χ4v) is 1.65. The number of hydrogen-bond donors (Lipinski definition) is 2. The molecule has 0 aliphatic rings. The topological polar surface area (TPSA) is 48.6 Å². The smallest absolute Gasteiger partial charge is 0.305 e. The van der Waals surface area contributed by atoms with Crippen LogP contribution in [0.1, 0.15) is 5.56 Å². The summed E-state index contributed by atoms with van der Waals surface area (Å²) in [6, 6.07) is 3.87. The lowest BCUT2D eigenvalue weighted by Gasteiger charge is -1.95. The second-order valence-corrected chi connectivity index (χ2v) is 3.55. The first kappa shape index (κ1) is 7.61. The Hall–Kier alpha value is -1.03. The van der Waals surface area contributed by atoms with Crippen molar-refractivity contribution in [1.29, 1.82) is 0 Å². The Kier molecular flexibility index (Phi) is 1.58. The second-order valence-electron chi connectivity index (χ2n) is 2.69. The molecule has 0 atom stereocenters. The molecule has 0 aliphatic heterocycles. The summed E-state index contributed by atoms with van der Waals surface area (Å²) in [4.78, 5) is 16.4. The normalized spacial score (nSPS) is 10.8. The molecule has 1 aromatic heterocycles. The molecule has 0 spiro atoms. The van der Waals surface area contributed by atoms with Crippen molar-refractivity contribution in [3.63, 3.8) is 0 Å². The summed E-state index contributed by atoms with van der Waals surface area (Å²) < 4.78 is 0.904. The van der Waals surface area contributed by atoms with Crippen LogP contribution in [0.2, 0.25) is 0 Å². The van der Waals surface area contributed by atoms with E-state index in [2.05, 4.69) is 25.9 Å². The molecule has 2 aromatic rings. The maximum Gasteiger partial charge on any atom is 0.323 e. The van der Waals surface area contributed by atoms with E-state index in [1.165, 1.54) is 0 Å². The summed E-state index contributed by atoms with van der Waals surface area (Å²) in [7, 11) is 0. The number of benzene rings is 1. The van der Waals surface area contributed by atoms with Gasteiger partial charge in [-0.1, -0.05) is 6.07 Å². The van der Waals surface area contributed by atoms with Gasteiger partial charge >= 0.3 is 5.69 Å². The monoisotopic (exact) mass is 226 g/mol. The first-order valence-corrected chi connectivity index (χ1v) is 4.35. The van der Waals surface area contributed by atoms with Gasteiger partial charge in [0.2, 0.25) is 0 Å². The SMILES string of the molecule is Cc1ccc(Br)c2[nH]c(=O)[nH]c12. The van der Waals surface area contributed by atoms with Gasteiger partial charge in [0.05, 0.1) is 11.0 Å². The van der Waals surface area contributed by atoms with Gasteiger partial charge in [-0.2, -0.15) is 0 Å². The molecule has 0 fully saturated rings. The summed E-state index contributed by atoms with van der Waals surface area (Å²) in [5, 5.41) is 0. The summed E-state index contributed by atoms with van der Waals surface area (Å²) in [5.41, 5.74) is 2.60. The van der Waals surface area contributed by atoms with Crippen molar-refractivity contribution in [2.45, 2.75) is 6.92 Å². The zero-order valence-electron chi connectivity index (χ0n) is 6.44. The Labute approximate surface area is 76.9 Å². The molecule has 0 radical (unpaired) electrons. The molecular weight excluding hydrogens is 220 g/mol. The van der Waals surface area contributed by atoms with Gasteiger partial charge in [-0.15, -0.1) is 0 Å². The molecule has 0 unspecified atom stereocenters. The van der Waals surface area contributed by atoms with Gasteiger partial charge in [0.25, 0.3) is 0 Å². The quantitative estimate of drug-likeness (QED) is 0.709. The molecule has 0 aliphatic carbocycles. The van der Waals surface area contributed by atoms with Crippen molar-refractivity contribution >= 4 is 27.0 Å². The first-order chi connectivity index (χ1) is 5.68. The third kappa shape index (κ3) is 0.992. The van der Waals surface area contributed by atoms with Gasteiger partial charge < -0.3 is 9.97 Å². The van der Waals surface area contributed by atoms with Crippen molar-refractivity contribution in [2.24, 2.45) is 0 Å². The second kappa shape index (κ2) is 2.48. The zero-order valence-corrected chi connectivity index (χ0v) is 8.03. The zero-order chi connectivity index (χ0) is 8.72. The molecule has 12 heavy (non-hydrogen) atoms. The molecule has 2 N–H and O–H groups in total. The van der Waals surface area contributed by atoms with Crippen molar-refractivity contribution < 1.29 is 0 Å². The van der Waals surface area contributed by atoms with Gasteiger partial charge in [0.15, 0.2) is 0 Å². The molecule has 3 nitrogen and oxygen atoms in total. The van der Waals surface area contributed by atoms with E-state index in [4.69, 9.17) is 0 Å². The maximum absolute atomic E-state index is 11.0. The number of aromatic amines is 2. The highest BCUT2D eigenvalue weighted by Gasteiger charge is 2.03. The lowest BCUT2D eigenvalue weighted by Crippen LogP contribution is -1.99. The minimum absolute atomic E-state index is 0.167. The molecule has 0 saturated carbocycles. The minimum Gasteiger partial charge on any atom is -0.305 e. The van der Waals surface area contributed by atoms with Crippen LogP contribution in [0.15, 0.2) is 21.4 Å². The maximum atomic E-state index is 11.0. The predicted octanol–water partition coefficient (Wildman–Crippen LogP) is 1.93. The predicted molar refractivity (Wildman–Crippen MR) is 51.4 cm³/mol. The van der Waals surface area contributed by atoms with E-state index >= 15 is 0 Å². The third-order valence-electron chi connectivity index (χ3n) is 1.84. The van der Waals surface area contributed by atoms with Gasteiger partial charge in [-0.25, -0.2) is 4.79 Å². The van der Waals surface area contributed by atoms with Crippen LogP contribution in [0.3, 0.4) is 0 Å². The number of fused-ring (bicyclic) bond motifs is 1. The molecule has 2 rings (SSSR count). The summed E-state index contributed by atoms with van der Waals surface area (Å²) in [5.74, 6) is 0. The molecule has 62 valence electrons. The van der Waals surface area contributed by atoms with E-state index in [0.29, 0.717) is 0 Å². The summed E-state index contributed by atoms with van der Waals surface area (Å²) in [6.45, 7) is 1.96. The van der Waals surface area contributed by atoms with E-state index in [1.807, 2.05) is 19.1 Å². The Morgan fingerprint density at radius 1 is 1.25 bits per heavy atom. The van der Waals surface area contributed by atoms with Crippen LogP contribution in [-0.4, -0.2) is 9.97 Å². The van der Waals surface area contributed by atoms with E-state index < -0.39 is 0 Å². The van der Waals surface area contributed by atoms with Crippen molar-refractivity contribution in [1.82, 2.24) is 9.97 Å². The number of nitrogens with one attached hydrogen (secondary N) is 2. The molecule has 0 bridgehead atoms. The van der Waals surface area contributed by atoms with E-state index in [1.54, 1.807) is 0 Å². The highest BCUT2D eigenvalue weighted by atomic mass is 79.9. The van der Waals surface area contributed by atoms with E-state index in [9.17, 15) is 4.79 Å². The van der Waals surface area contributed by atoms with Crippen LogP contribution in [0, 0.1) is 6.92 Å². The highest BCUT2D eigenvalue weighted by Crippen LogP contribution is 2.21. The molecule has 1 aromatic carbocycles. The van der Waals surface area contributed by atoms with Gasteiger partial charge in [-0.3, -0.25) is 0 Å². The number of imidazole rings is 1. The summed E-state index contributed by atoms with van der Waals surface area (Å²) in [6.07, 6.45) is 0. The Morgan fingerprint density at radius 2 is 1.92 bits per heavy atom. The number of hydrogen-bond acceptors (Lipinski definition) is 1. The van der Waals surface area contributed by atoms with Crippen LogP contribution < -0.4 is 5.69 Å². The minimum atomic E-state index is -0.167. The third-order valence-corrected chi connectivity index (χ3v) is 2.50. The van der Waals surface area contributed by atoms with Gasteiger partial charge in [0.1, 0.15) is 0 Å². The van der Waals surface area contributed by atoms with E-state index in [0.717, 1.165) is 21.1 Å². The molecule has 0 amide bonds. The number of aryl methyl sites for hydroxylation is 1. The number of H-pyrrole nitrogens is 2. The number of aromatic nitrogens is 2. The Bertz CT molecular complexity index is 441. The highest BCUT2D eigenvalue weighted by molar-refractivity contribution is 9.10. The lowest BCUT2D eigenvalue weighted by molar-refractivity contribution is 1.21. The lowest BCUT2D eigenvalue weighted by atomic mass is 10.2. The van der Waals surface area contributed by atoms with Crippen LogP contribution in [0.4, 0.5) is 0 Å².